The zero-order valence-electron chi connectivity index (χ0n) is 14.4. The summed E-state index contributed by atoms with van der Waals surface area (Å²) in [6, 6.07) is 11.8. The molecular formula is C20H14ClN5O2. The molecule has 0 fully saturated rings. The molecule has 0 bridgehead atoms. The number of aromatic nitrogens is 3. The van der Waals surface area contributed by atoms with E-state index in [1.807, 2.05) is 18.3 Å². The van der Waals surface area contributed by atoms with Crippen molar-refractivity contribution >= 4 is 40.1 Å². The van der Waals surface area contributed by atoms with Gasteiger partial charge in [0.15, 0.2) is 0 Å². The molecule has 0 saturated carbocycles. The third kappa shape index (κ3) is 3.43. The smallest absolute Gasteiger partial charge is 0.274 e. The normalized spacial score (nSPS) is 10.8. The predicted octanol–water partition coefficient (Wildman–Crippen LogP) is 3.63. The number of amides is 2. The standard InChI is InChI=1S/C20H14ClN5O2/c21-14-1-2-16(15(9-14)18(22)27)26-20(28)17-8-11(3-5-23-17)13-7-12-4-6-24-19(12)25-10-13/h1-10H,(H2,22,27)(H,24,25)(H,26,28). The topological polar surface area (TPSA) is 114 Å². The number of pyridine rings is 2. The van der Waals surface area contributed by atoms with E-state index < -0.39 is 11.8 Å². The maximum Gasteiger partial charge on any atom is 0.274 e. The van der Waals surface area contributed by atoms with Gasteiger partial charge in [-0.2, -0.15) is 0 Å². The van der Waals surface area contributed by atoms with Crippen LogP contribution in [0.15, 0.2) is 61.1 Å². The molecule has 4 rings (SSSR count). The molecule has 0 unspecified atom stereocenters. The summed E-state index contributed by atoms with van der Waals surface area (Å²) in [5.41, 5.74) is 8.38. The van der Waals surface area contributed by atoms with E-state index in [1.165, 1.54) is 12.1 Å². The molecule has 28 heavy (non-hydrogen) atoms. The number of carbonyl (C=O) groups is 2. The van der Waals surface area contributed by atoms with Crippen LogP contribution >= 0.6 is 11.6 Å². The molecular weight excluding hydrogens is 378 g/mol. The largest absolute Gasteiger partial charge is 0.366 e. The predicted molar refractivity (Wildman–Crippen MR) is 107 cm³/mol. The molecule has 7 nitrogen and oxygen atoms in total. The summed E-state index contributed by atoms with van der Waals surface area (Å²) in [4.78, 5) is 35.8. The number of anilines is 1. The Balaban J connectivity index is 1.64. The minimum Gasteiger partial charge on any atom is -0.366 e. The van der Waals surface area contributed by atoms with Crippen molar-refractivity contribution in [1.29, 1.82) is 0 Å². The van der Waals surface area contributed by atoms with E-state index in [4.69, 9.17) is 17.3 Å². The lowest BCUT2D eigenvalue weighted by Crippen LogP contribution is -2.19. The van der Waals surface area contributed by atoms with E-state index in [-0.39, 0.29) is 16.9 Å². The fraction of sp³-hybridized carbons (Fsp3) is 0. The number of nitrogens with one attached hydrogen (secondary N) is 2. The van der Waals surface area contributed by atoms with Crippen LogP contribution in [0.2, 0.25) is 5.02 Å². The van der Waals surface area contributed by atoms with Gasteiger partial charge in [-0.05, 0) is 48.0 Å². The van der Waals surface area contributed by atoms with Gasteiger partial charge in [0.05, 0.1) is 11.3 Å². The summed E-state index contributed by atoms with van der Waals surface area (Å²) in [6.45, 7) is 0. The number of primary amides is 1. The maximum absolute atomic E-state index is 12.6. The maximum atomic E-state index is 12.6. The Morgan fingerprint density at radius 2 is 1.89 bits per heavy atom. The molecule has 4 aromatic rings. The van der Waals surface area contributed by atoms with E-state index in [1.54, 1.807) is 30.6 Å². The first-order valence-corrected chi connectivity index (χ1v) is 8.69. The van der Waals surface area contributed by atoms with Gasteiger partial charge in [-0.15, -0.1) is 0 Å². The molecule has 2 amide bonds. The highest BCUT2D eigenvalue weighted by Crippen LogP contribution is 2.24. The molecule has 3 aromatic heterocycles. The molecule has 1 aromatic carbocycles. The SMILES string of the molecule is NC(=O)c1cc(Cl)ccc1NC(=O)c1cc(-c2cnc3[nH]ccc3c2)ccn1. The molecule has 3 heterocycles. The molecule has 0 aliphatic carbocycles. The summed E-state index contributed by atoms with van der Waals surface area (Å²) >= 11 is 5.90. The molecule has 0 radical (unpaired) electrons. The zero-order valence-corrected chi connectivity index (χ0v) is 15.2. The second-order valence-corrected chi connectivity index (χ2v) is 6.51. The zero-order chi connectivity index (χ0) is 19.7. The number of nitrogens with two attached hydrogens (primary N) is 1. The number of nitrogens with zero attached hydrogens (tertiary/aromatic N) is 2. The number of hydrogen-bond acceptors (Lipinski definition) is 4. The van der Waals surface area contributed by atoms with Crippen molar-refractivity contribution in [2.24, 2.45) is 5.73 Å². The Bertz CT molecular complexity index is 1220. The van der Waals surface area contributed by atoms with Gasteiger partial charge in [0.2, 0.25) is 0 Å². The van der Waals surface area contributed by atoms with E-state index in [0.29, 0.717) is 5.02 Å². The average molecular weight is 392 g/mol. The van der Waals surface area contributed by atoms with Gasteiger partial charge >= 0.3 is 0 Å². The Kier molecular flexibility index (Phi) is 4.50. The van der Waals surface area contributed by atoms with Crippen LogP contribution in [0, 0.1) is 0 Å². The number of halogens is 1. The van der Waals surface area contributed by atoms with E-state index in [9.17, 15) is 9.59 Å². The van der Waals surface area contributed by atoms with Gasteiger partial charge in [0.25, 0.3) is 11.8 Å². The fourth-order valence-corrected chi connectivity index (χ4v) is 3.02. The van der Waals surface area contributed by atoms with Gasteiger partial charge in [-0.3, -0.25) is 14.6 Å². The minimum absolute atomic E-state index is 0.124. The number of aromatic amines is 1. The van der Waals surface area contributed by atoms with Gasteiger partial charge in [0, 0.05) is 34.6 Å². The number of rotatable bonds is 4. The van der Waals surface area contributed by atoms with Crippen molar-refractivity contribution < 1.29 is 9.59 Å². The van der Waals surface area contributed by atoms with Crippen molar-refractivity contribution in [2.75, 3.05) is 5.32 Å². The summed E-state index contributed by atoms with van der Waals surface area (Å²) in [6.07, 6.45) is 5.08. The average Bonchev–Trinajstić information content (AvgIpc) is 3.17. The first-order chi connectivity index (χ1) is 13.5. The Hall–Kier alpha value is -3.71. The lowest BCUT2D eigenvalue weighted by atomic mass is 10.1. The number of benzene rings is 1. The van der Waals surface area contributed by atoms with Crippen LogP contribution in [-0.2, 0) is 0 Å². The second-order valence-electron chi connectivity index (χ2n) is 6.08. The van der Waals surface area contributed by atoms with Gasteiger partial charge in [-0.25, -0.2) is 4.98 Å². The summed E-state index contributed by atoms with van der Waals surface area (Å²) < 4.78 is 0. The molecule has 0 aliphatic rings. The molecule has 0 spiro atoms. The van der Waals surface area contributed by atoms with Gasteiger partial charge in [0.1, 0.15) is 11.3 Å². The van der Waals surface area contributed by atoms with E-state index >= 15 is 0 Å². The third-order valence-corrected chi connectivity index (χ3v) is 4.46. The van der Waals surface area contributed by atoms with E-state index in [0.717, 1.165) is 22.2 Å². The highest BCUT2D eigenvalue weighted by atomic mass is 35.5. The first-order valence-electron chi connectivity index (χ1n) is 8.31. The number of carbonyl (C=O) groups excluding carboxylic acids is 2. The summed E-state index contributed by atoms with van der Waals surface area (Å²) in [5, 5.41) is 3.97. The second kappa shape index (κ2) is 7.13. The van der Waals surface area contributed by atoms with Gasteiger partial charge in [-0.1, -0.05) is 11.6 Å². The first kappa shape index (κ1) is 17.7. The molecule has 138 valence electrons. The molecule has 4 N–H and O–H groups in total. The van der Waals surface area contributed by atoms with Crippen molar-refractivity contribution in [3.05, 3.63) is 77.3 Å². The van der Waals surface area contributed by atoms with Crippen LogP contribution in [0.25, 0.3) is 22.2 Å². The van der Waals surface area contributed by atoms with Crippen LogP contribution < -0.4 is 11.1 Å². The van der Waals surface area contributed by atoms with Crippen LogP contribution in [0.4, 0.5) is 5.69 Å². The van der Waals surface area contributed by atoms with Crippen molar-refractivity contribution in [3.8, 4) is 11.1 Å². The Morgan fingerprint density at radius 1 is 1.04 bits per heavy atom. The third-order valence-electron chi connectivity index (χ3n) is 4.22. The lowest BCUT2D eigenvalue weighted by Gasteiger charge is -2.10. The van der Waals surface area contributed by atoms with Crippen molar-refractivity contribution in [3.63, 3.8) is 0 Å². The van der Waals surface area contributed by atoms with Crippen LogP contribution in [0.5, 0.6) is 0 Å². The van der Waals surface area contributed by atoms with Crippen molar-refractivity contribution in [1.82, 2.24) is 15.0 Å². The molecule has 0 saturated heterocycles. The Morgan fingerprint density at radius 3 is 2.71 bits per heavy atom. The Labute approximate surface area is 164 Å². The van der Waals surface area contributed by atoms with Crippen LogP contribution in [-0.4, -0.2) is 26.8 Å². The number of fused-ring (bicyclic) bond motifs is 1. The highest BCUT2D eigenvalue weighted by Gasteiger charge is 2.15. The van der Waals surface area contributed by atoms with Crippen LogP contribution in [0.3, 0.4) is 0 Å². The van der Waals surface area contributed by atoms with Gasteiger partial charge < -0.3 is 16.0 Å². The lowest BCUT2D eigenvalue weighted by molar-refractivity contribution is 0.100. The van der Waals surface area contributed by atoms with Crippen molar-refractivity contribution in [2.45, 2.75) is 0 Å². The van der Waals surface area contributed by atoms with E-state index in [2.05, 4.69) is 20.3 Å². The summed E-state index contributed by atoms with van der Waals surface area (Å²) in [5.74, 6) is -1.16. The molecule has 0 aliphatic heterocycles. The molecule has 0 atom stereocenters. The summed E-state index contributed by atoms with van der Waals surface area (Å²) in [7, 11) is 0. The monoisotopic (exact) mass is 391 g/mol. The van der Waals surface area contributed by atoms with Crippen LogP contribution in [0.1, 0.15) is 20.8 Å². The number of H-pyrrole nitrogens is 1. The quantitative estimate of drug-likeness (QED) is 0.492. The number of hydrogen-bond donors (Lipinski definition) is 3. The molecule has 8 heteroatoms. The highest BCUT2D eigenvalue weighted by molar-refractivity contribution is 6.31. The minimum atomic E-state index is -0.689. The fourth-order valence-electron chi connectivity index (χ4n) is 2.85.